The molecule has 0 aliphatic rings. The second-order valence-corrected chi connectivity index (χ2v) is 2.83. The fourth-order valence-corrected chi connectivity index (χ4v) is 0.828. The van der Waals surface area contributed by atoms with Crippen molar-refractivity contribution in [3.63, 3.8) is 0 Å². The zero-order valence-electron chi connectivity index (χ0n) is 8.60. The van der Waals surface area contributed by atoms with E-state index in [0.717, 1.165) is 0 Å². The summed E-state index contributed by atoms with van der Waals surface area (Å²) in [5.41, 5.74) is 0.584. The maximum absolute atomic E-state index is 10.7. The van der Waals surface area contributed by atoms with E-state index in [0.29, 0.717) is 5.56 Å². The van der Waals surface area contributed by atoms with E-state index in [4.69, 9.17) is 4.74 Å². The molecule has 0 fully saturated rings. The van der Waals surface area contributed by atoms with Crippen molar-refractivity contribution in [1.82, 2.24) is 9.97 Å². The van der Waals surface area contributed by atoms with E-state index >= 15 is 0 Å². The SMILES string of the molecule is CC(=O)Oc1ncc(C)c(OC(C)=O)n1. The normalized spacial score (nSPS) is 9.53. The number of hydrogen-bond donors (Lipinski definition) is 0. The van der Waals surface area contributed by atoms with Crippen molar-refractivity contribution < 1.29 is 19.1 Å². The molecule has 0 N–H and O–H groups in total. The van der Waals surface area contributed by atoms with Crippen LogP contribution in [0.1, 0.15) is 19.4 Å². The van der Waals surface area contributed by atoms with E-state index in [-0.39, 0.29) is 11.9 Å². The molecule has 0 aliphatic carbocycles. The number of carbonyl (C=O) groups excluding carboxylic acids is 2. The number of carbonyl (C=O) groups is 2. The minimum absolute atomic E-state index is 0.0914. The summed E-state index contributed by atoms with van der Waals surface area (Å²) >= 11 is 0. The van der Waals surface area contributed by atoms with Crippen LogP contribution < -0.4 is 9.47 Å². The molecule has 1 aromatic heterocycles. The first-order chi connectivity index (χ1) is 6.99. The Morgan fingerprint density at radius 3 is 2.33 bits per heavy atom. The van der Waals surface area contributed by atoms with Crippen LogP contribution in [-0.4, -0.2) is 21.9 Å². The lowest BCUT2D eigenvalue weighted by Gasteiger charge is -2.04. The molecule has 0 unspecified atom stereocenters. The molecular formula is C9H10N2O4. The molecule has 0 saturated heterocycles. The van der Waals surface area contributed by atoms with Gasteiger partial charge in [0.05, 0.1) is 0 Å². The summed E-state index contributed by atoms with van der Waals surface area (Å²) in [7, 11) is 0. The highest BCUT2D eigenvalue weighted by molar-refractivity contribution is 5.69. The summed E-state index contributed by atoms with van der Waals surface area (Å²) in [6.45, 7) is 4.16. The molecule has 0 aromatic carbocycles. The predicted octanol–water partition coefficient (Wildman–Crippen LogP) is 0.636. The lowest BCUT2D eigenvalue weighted by Crippen LogP contribution is -2.09. The summed E-state index contributed by atoms with van der Waals surface area (Å²) in [6.07, 6.45) is 1.41. The van der Waals surface area contributed by atoms with Crippen molar-refractivity contribution in [1.29, 1.82) is 0 Å². The Bertz CT molecular complexity index is 403. The van der Waals surface area contributed by atoms with Crippen LogP contribution >= 0.6 is 0 Å². The van der Waals surface area contributed by atoms with Crippen molar-refractivity contribution >= 4 is 11.9 Å². The van der Waals surface area contributed by atoms with Gasteiger partial charge in [-0.3, -0.25) is 9.59 Å². The van der Waals surface area contributed by atoms with Crippen LogP contribution in [0.2, 0.25) is 0 Å². The number of ether oxygens (including phenoxy) is 2. The second-order valence-electron chi connectivity index (χ2n) is 2.83. The summed E-state index contributed by atoms with van der Waals surface area (Å²) < 4.78 is 9.42. The molecule has 80 valence electrons. The molecule has 1 heterocycles. The second kappa shape index (κ2) is 4.50. The van der Waals surface area contributed by atoms with Crippen molar-refractivity contribution in [2.24, 2.45) is 0 Å². The first-order valence-electron chi connectivity index (χ1n) is 4.19. The quantitative estimate of drug-likeness (QED) is 0.666. The third kappa shape index (κ3) is 3.34. The fraction of sp³-hybridized carbons (Fsp3) is 0.333. The maximum atomic E-state index is 10.7. The molecule has 0 amide bonds. The molecule has 0 atom stereocenters. The average Bonchev–Trinajstić information content (AvgIpc) is 2.09. The van der Waals surface area contributed by atoms with Gasteiger partial charge in [-0.15, -0.1) is 0 Å². The van der Waals surface area contributed by atoms with Crippen LogP contribution in [0.25, 0.3) is 0 Å². The van der Waals surface area contributed by atoms with Crippen LogP contribution in [0.15, 0.2) is 6.20 Å². The van der Waals surface area contributed by atoms with Gasteiger partial charge in [-0.25, -0.2) is 4.98 Å². The fourth-order valence-electron chi connectivity index (χ4n) is 0.828. The highest BCUT2D eigenvalue weighted by Gasteiger charge is 2.09. The van der Waals surface area contributed by atoms with Gasteiger partial charge in [0.1, 0.15) is 0 Å². The van der Waals surface area contributed by atoms with Crippen LogP contribution in [-0.2, 0) is 9.59 Å². The van der Waals surface area contributed by atoms with Gasteiger partial charge in [0.25, 0.3) is 0 Å². The number of hydrogen-bond acceptors (Lipinski definition) is 6. The largest absolute Gasteiger partial charge is 0.407 e. The lowest BCUT2D eigenvalue weighted by molar-refractivity contribution is -0.132. The highest BCUT2D eigenvalue weighted by atomic mass is 16.6. The predicted molar refractivity (Wildman–Crippen MR) is 49.4 cm³/mol. The van der Waals surface area contributed by atoms with E-state index < -0.39 is 11.9 Å². The molecule has 0 saturated carbocycles. The van der Waals surface area contributed by atoms with Gasteiger partial charge < -0.3 is 9.47 Å². The number of aryl methyl sites for hydroxylation is 1. The van der Waals surface area contributed by atoms with Crippen molar-refractivity contribution in [2.75, 3.05) is 0 Å². The van der Waals surface area contributed by atoms with E-state index in [9.17, 15) is 9.59 Å². The molecule has 6 nitrogen and oxygen atoms in total. The zero-order chi connectivity index (χ0) is 11.4. The maximum Gasteiger partial charge on any atom is 0.327 e. The van der Waals surface area contributed by atoms with Gasteiger partial charge in [0.2, 0.25) is 5.88 Å². The van der Waals surface area contributed by atoms with Crippen LogP contribution in [0.5, 0.6) is 11.9 Å². The molecule has 1 rings (SSSR count). The number of nitrogens with zero attached hydrogens (tertiary/aromatic N) is 2. The van der Waals surface area contributed by atoms with E-state index in [1.54, 1.807) is 6.92 Å². The zero-order valence-corrected chi connectivity index (χ0v) is 8.60. The third-order valence-corrected chi connectivity index (χ3v) is 1.38. The average molecular weight is 210 g/mol. The summed E-state index contributed by atoms with van der Waals surface area (Å²) in [4.78, 5) is 28.8. The standard InChI is InChI=1S/C9H10N2O4/c1-5-4-10-9(15-7(3)13)11-8(5)14-6(2)12/h4H,1-3H3. The lowest BCUT2D eigenvalue weighted by atomic mass is 10.4. The molecule has 0 radical (unpaired) electrons. The van der Waals surface area contributed by atoms with Crippen LogP contribution in [0, 0.1) is 6.92 Å². The van der Waals surface area contributed by atoms with Crippen LogP contribution in [0.3, 0.4) is 0 Å². The summed E-state index contributed by atoms with van der Waals surface area (Å²) in [5, 5.41) is 0. The molecule has 0 aliphatic heterocycles. The monoisotopic (exact) mass is 210 g/mol. The van der Waals surface area contributed by atoms with Gasteiger partial charge in [-0.2, -0.15) is 4.98 Å². The molecular weight excluding hydrogens is 200 g/mol. The van der Waals surface area contributed by atoms with E-state index in [2.05, 4.69) is 14.7 Å². The van der Waals surface area contributed by atoms with Gasteiger partial charge in [-0.1, -0.05) is 0 Å². The van der Waals surface area contributed by atoms with Crippen molar-refractivity contribution in [3.8, 4) is 11.9 Å². The number of aromatic nitrogens is 2. The Morgan fingerprint density at radius 2 is 1.80 bits per heavy atom. The number of rotatable bonds is 2. The van der Waals surface area contributed by atoms with Gasteiger partial charge in [0, 0.05) is 25.6 Å². The molecule has 6 heteroatoms. The Kier molecular flexibility index (Phi) is 3.33. The first kappa shape index (κ1) is 11.1. The number of esters is 2. The summed E-state index contributed by atoms with van der Waals surface area (Å²) in [5.74, 6) is -0.938. The van der Waals surface area contributed by atoms with Crippen LogP contribution in [0.4, 0.5) is 0 Å². The first-order valence-corrected chi connectivity index (χ1v) is 4.19. The Labute approximate surface area is 86.2 Å². The Hall–Kier alpha value is -1.98. The smallest absolute Gasteiger partial charge is 0.327 e. The van der Waals surface area contributed by atoms with Gasteiger partial charge in [-0.05, 0) is 6.92 Å². The topological polar surface area (TPSA) is 78.4 Å². The Morgan fingerprint density at radius 1 is 1.20 bits per heavy atom. The molecule has 15 heavy (non-hydrogen) atoms. The minimum Gasteiger partial charge on any atom is -0.407 e. The molecule has 1 aromatic rings. The van der Waals surface area contributed by atoms with E-state index in [1.165, 1.54) is 20.0 Å². The van der Waals surface area contributed by atoms with E-state index in [1.807, 2.05) is 0 Å². The van der Waals surface area contributed by atoms with Crippen molar-refractivity contribution in [3.05, 3.63) is 11.8 Å². The molecule has 0 spiro atoms. The van der Waals surface area contributed by atoms with Crippen molar-refractivity contribution in [2.45, 2.75) is 20.8 Å². The highest BCUT2D eigenvalue weighted by Crippen LogP contribution is 2.16. The third-order valence-electron chi connectivity index (χ3n) is 1.38. The minimum atomic E-state index is -0.535. The Balaban J connectivity index is 2.94. The van der Waals surface area contributed by atoms with Gasteiger partial charge >= 0.3 is 17.9 Å². The molecule has 0 bridgehead atoms. The van der Waals surface area contributed by atoms with Gasteiger partial charge in [0.15, 0.2) is 0 Å². The summed E-state index contributed by atoms with van der Waals surface area (Å²) in [6, 6.07) is -0.135.